The number of ether oxygens (including phenoxy) is 3. The summed E-state index contributed by atoms with van der Waals surface area (Å²) in [6, 6.07) is 6.81. The maximum atomic E-state index is 13.2. The number of esters is 1. The van der Waals surface area contributed by atoms with Crippen molar-refractivity contribution in [3.8, 4) is 5.75 Å². The minimum Gasteiger partial charge on any atom is -0.497 e. The lowest BCUT2D eigenvalue weighted by molar-refractivity contribution is 0.0593. The highest BCUT2D eigenvalue weighted by molar-refractivity contribution is 6.05. The first-order chi connectivity index (χ1) is 14.8. The van der Waals surface area contributed by atoms with Gasteiger partial charge in [-0.15, -0.1) is 0 Å². The van der Waals surface area contributed by atoms with E-state index in [0.717, 1.165) is 0 Å². The van der Waals surface area contributed by atoms with Crippen LogP contribution in [0.25, 0.3) is 0 Å². The van der Waals surface area contributed by atoms with E-state index in [-0.39, 0.29) is 23.9 Å². The Bertz CT molecular complexity index is 934. The van der Waals surface area contributed by atoms with E-state index in [0.29, 0.717) is 54.3 Å². The zero-order chi connectivity index (χ0) is 23.0. The molecule has 0 fully saturated rings. The number of rotatable bonds is 11. The van der Waals surface area contributed by atoms with Crippen molar-refractivity contribution in [3.63, 3.8) is 0 Å². The molecule has 1 amide bonds. The minimum absolute atomic E-state index is 0.123. The van der Waals surface area contributed by atoms with Crippen LogP contribution >= 0.6 is 0 Å². The summed E-state index contributed by atoms with van der Waals surface area (Å²) in [5, 5.41) is 0. The normalized spacial score (nSPS) is 10.6. The lowest BCUT2D eigenvalue weighted by Crippen LogP contribution is -2.37. The van der Waals surface area contributed by atoms with Crippen LogP contribution < -0.4 is 4.74 Å². The van der Waals surface area contributed by atoms with E-state index in [1.165, 1.54) is 19.1 Å². The number of Topliss-reactive ketones (excluding diaryl/α,β-unsaturated/α-hetero) is 1. The average Bonchev–Trinajstić information content (AvgIpc) is 3.08. The third kappa shape index (κ3) is 5.95. The molecule has 31 heavy (non-hydrogen) atoms. The number of carbonyl (C=O) groups is 3. The smallest absolute Gasteiger partial charge is 0.354 e. The third-order valence-electron chi connectivity index (χ3n) is 4.97. The number of nitrogens with zero attached hydrogens (tertiary/aromatic N) is 1. The van der Waals surface area contributed by atoms with Crippen molar-refractivity contribution in [2.75, 3.05) is 40.5 Å². The summed E-state index contributed by atoms with van der Waals surface area (Å²) < 4.78 is 15.4. The van der Waals surface area contributed by atoms with Gasteiger partial charge in [0.2, 0.25) is 0 Å². The second kappa shape index (κ2) is 11.3. The maximum absolute atomic E-state index is 13.2. The number of ketones is 1. The van der Waals surface area contributed by atoms with Crippen LogP contribution in [0.3, 0.4) is 0 Å². The van der Waals surface area contributed by atoms with E-state index in [4.69, 9.17) is 14.2 Å². The van der Waals surface area contributed by atoms with E-state index >= 15 is 0 Å². The zero-order valence-corrected chi connectivity index (χ0v) is 18.7. The number of H-pyrrole nitrogens is 1. The highest BCUT2D eigenvalue weighted by atomic mass is 16.5. The lowest BCUT2D eigenvalue weighted by atomic mass is 10.0. The quantitative estimate of drug-likeness (QED) is 0.334. The molecule has 0 atom stereocenters. The average molecular weight is 431 g/mol. The Morgan fingerprint density at radius 1 is 1.13 bits per heavy atom. The van der Waals surface area contributed by atoms with Crippen molar-refractivity contribution in [1.29, 1.82) is 0 Å². The van der Waals surface area contributed by atoms with Gasteiger partial charge in [-0.25, -0.2) is 4.79 Å². The Balaban J connectivity index is 2.28. The number of amides is 1. The second-order valence-corrected chi connectivity index (χ2v) is 7.05. The molecule has 0 aliphatic rings. The number of methoxy groups -OCH3 is 2. The van der Waals surface area contributed by atoms with Crippen LogP contribution in [0.15, 0.2) is 24.3 Å². The van der Waals surface area contributed by atoms with Gasteiger partial charge in [0, 0.05) is 36.6 Å². The summed E-state index contributed by atoms with van der Waals surface area (Å²) in [5.74, 6) is -0.510. The standard InChI is InChI=1S/C23H30N2O6/c1-6-31-12-8-11-25(22(27)17-9-7-10-18(13-17)29-4)14-19(26)20-15(2)21(23(28)30-5)24-16(20)3/h7,9-10,13,24H,6,8,11-12,14H2,1-5H3. The number of benzene rings is 1. The topological polar surface area (TPSA) is 97.9 Å². The minimum atomic E-state index is -0.541. The molecule has 0 saturated heterocycles. The van der Waals surface area contributed by atoms with Crippen LogP contribution in [-0.2, 0) is 9.47 Å². The fourth-order valence-electron chi connectivity index (χ4n) is 3.42. The molecule has 2 rings (SSSR count). The first-order valence-electron chi connectivity index (χ1n) is 10.2. The summed E-state index contributed by atoms with van der Waals surface area (Å²) in [6.07, 6.45) is 0.593. The maximum Gasteiger partial charge on any atom is 0.354 e. The van der Waals surface area contributed by atoms with Gasteiger partial charge in [0.15, 0.2) is 5.78 Å². The fourth-order valence-corrected chi connectivity index (χ4v) is 3.42. The van der Waals surface area contributed by atoms with E-state index in [2.05, 4.69) is 4.98 Å². The van der Waals surface area contributed by atoms with Gasteiger partial charge in [-0.1, -0.05) is 6.07 Å². The van der Waals surface area contributed by atoms with Crippen LogP contribution in [-0.4, -0.2) is 68.1 Å². The van der Waals surface area contributed by atoms with Crippen LogP contribution in [0, 0.1) is 13.8 Å². The van der Waals surface area contributed by atoms with Crippen LogP contribution in [0.2, 0.25) is 0 Å². The predicted molar refractivity (Wildman–Crippen MR) is 116 cm³/mol. The molecule has 1 N–H and O–H groups in total. The van der Waals surface area contributed by atoms with Crippen molar-refractivity contribution in [2.45, 2.75) is 27.2 Å². The molecular formula is C23H30N2O6. The first-order valence-corrected chi connectivity index (χ1v) is 10.2. The number of nitrogens with one attached hydrogen (secondary N) is 1. The van der Waals surface area contributed by atoms with Crippen LogP contribution in [0.4, 0.5) is 0 Å². The summed E-state index contributed by atoms with van der Waals surface area (Å²) in [5.41, 5.74) is 2.14. The molecule has 8 heteroatoms. The monoisotopic (exact) mass is 430 g/mol. The Morgan fingerprint density at radius 2 is 1.87 bits per heavy atom. The van der Waals surface area contributed by atoms with Crippen molar-refractivity contribution in [3.05, 3.63) is 52.3 Å². The molecule has 1 aromatic carbocycles. The summed E-state index contributed by atoms with van der Waals surface area (Å²) in [6.45, 7) is 6.61. The van der Waals surface area contributed by atoms with E-state index in [9.17, 15) is 14.4 Å². The molecule has 0 bridgehead atoms. The molecule has 168 valence electrons. The van der Waals surface area contributed by atoms with Gasteiger partial charge in [-0.2, -0.15) is 0 Å². The zero-order valence-electron chi connectivity index (χ0n) is 18.7. The molecule has 2 aromatic rings. The Labute approximate surface area is 182 Å². The molecule has 0 spiro atoms. The van der Waals surface area contributed by atoms with Crippen molar-refractivity contribution in [1.82, 2.24) is 9.88 Å². The Morgan fingerprint density at radius 3 is 2.52 bits per heavy atom. The molecule has 0 radical (unpaired) electrons. The van der Waals surface area contributed by atoms with Gasteiger partial charge in [-0.05, 0) is 51.0 Å². The number of hydrogen-bond donors (Lipinski definition) is 1. The number of hydrogen-bond acceptors (Lipinski definition) is 6. The molecule has 1 aromatic heterocycles. The largest absolute Gasteiger partial charge is 0.497 e. The predicted octanol–water partition coefficient (Wildman–Crippen LogP) is 3.18. The molecular weight excluding hydrogens is 400 g/mol. The fraction of sp³-hybridized carbons (Fsp3) is 0.435. The highest BCUT2D eigenvalue weighted by Crippen LogP contribution is 2.21. The molecule has 1 heterocycles. The van der Waals surface area contributed by atoms with Gasteiger partial charge in [0.05, 0.1) is 20.8 Å². The Hall–Kier alpha value is -3.13. The molecule has 0 unspecified atom stereocenters. The second-order valence-electron chi connectivity index (χ2n) is 7.05. The number of aromatic amines is 1. The van der Waals surface area contributed by atoms with E-state index in [1.807, 2.05) is 6.92 Å². The lowest BCUT2D eigenvalue weighted by Gasteiger charge is -2.22. The molecule has 0 aliphatic carbocycles. The van der Waals surface area contributed by atoms with E-state index < -0.39 is 5.97 Å². The summed E-state index contributed by atoms with van der Waals surface area (Å²) in [4.78, 5) is 42.7. The summed E-state index contributed by atoms with van der Waals surface area (Å²) in [7, 11) is 2.82. The van der Waals surface area contributed by atoms with Gasteiger partial charge in [-0.3, -0.25) is 9.59 Å². The van der Waals surface area contributed by atoms with Crippen LogP contribution in [0.5, 0.6) is 5.75 Å². The van der Waals surface area contributed by atoms with Crippen LogP contribution in [0.1, 0.15) is 55.8 Å². The first kappa shape index (κ1) is 24.1. The number of aromatic nitrogens is 1. The van der Waals surface area contributed by atoms with E-state index in [1.54, 1.807) is 38.1 Å². The van der Waals surface area contributed by atoms with Gasteiger partial charge >= 0.3 is 5.97 Å². The molecule has 0 saturated carbocycles. The highest BCUT2D eigenvalue weighted by Gasteiger charge is 2.26. The molecule has 0 aliphatic heterocycles. The number of aryl methyl sites for hydroxylation is 1. The number of carbonyl (C=O) groups excluding carboxylic acids is 3. The van der Waals surface area contributed by atoms with Crippen molar-refractivity contribution >= 4 is 17.7 Å². The van der Waals surface area contributed by atoms with Gasteiger partial charge in [0.25, 0.3) is 5.91 Å². The molecule has 8 nitrogen and oxygen atoms in total. The SMILES string of the molecule is CCOCCCN(CC(=O)c1c(C)[nH]c(C(=O)OC)c1C)C(=O)c1cccc(OC)c1. The van der Waals surface area contributed by atoms with Crippen molar-refractivity contribution < 1.29 is 28.6 Å². The van der Waals surface area contributed by atoms with Gasteiger partial charge in [0.1, 0.15) is 11.4 Å². The van der Waals surface area contributed by atoms with Gasteiger partial charge < -0.3 is 24.1 Å². The Kier molecular flexibility index (Phi) is 8.81. The third-order valence-corrected chi connectivity index (χ3v) is 4.97. The summed E-state index contributed by atoms with van der Waals surface area (Å²) >= 11 is 0. The van der Waals surface area contributed by atoms with Crippen molar-refractivity contribution in [2.24, 2.45) is 0 Å².